The van der Waals surface area contributed by atoms with E-state index in [-0.39, 0.29) is 4.90 Å². The van der Waals surface area contributed by atoms with Gasteiger partial charge in [0.2, 0.25) is 10.0 Å². The van der Waals surface area contributed by atoms with E-state index in [4.69, 9.17) is 5.73 Å². The van der Waals surface area contributed by atoms with Gasteiger partial charge in [0.1, 0.15) is 12.0 Å². The Morgan fingerprint density at radius 2 is 1.55 bits per heavy atom. The van der Waals surface area contributed by atoms with Gasteiger partial charge >= 0.3 is 0 Å². The number of hydrogen-bond acceptors (Lipinski definition) is 7. The first-order valence-corrected chi connectivity index (χ1v) is 11.5. The summed E-state index contributed by atoms with van der Waals surface area (Å²) in [5.74, 6) is 0.923. The molecule has 1 aromatic heterocycles. The molecule has 2 aromatic carbocycles. The lowest BCUT2D eigenvalue weighted by molar-refractivity contribution is 0.445. The number of nitrogen functional groups attached to an aromatic ring is 1. The van der Waals surface area contributed by atoms with Crippen LogP contribution in [0.5, 0.6) is 0 Å². The molecule has 0 atom stereocenters. The van der Waals surface area contributed by atoms with E-state index >= 15 is 0 Å². The second kappa shape index (κ2) is 9.32. The van der Waals surface area contributed by atoms with Crippen LogP contribution in [0.1, 0.15) is 25.0 Å². The molecule has 1 heterocycles. The number of nitrogens with one attached hydrogen (secondary N) is 2. The van der Waals surface area contributed by atoms with Gasteiger partial charge in [-0.3, -0.25) is 0 Å². The van der Waals surface area contributed by atoms with Crippen LogP contribution in [0.2, 0.25) is 0 Å². The molecule has 0 saturated carbocycles. The van der Waals surface area contributed by atoms with Crippen molar-refractivity contribution in [3.63, 3.8) is 0 Å². The van der Waals surface area contributed by atoms with Crippen LogP contribution in [-0.2, 0) is 10.0 Å². The number of hydrogen-bond donors (Lipinski definition) is 3. The first-order chi connectivity index (χ1) is 14.8. The fourth-order valence-electron chi connectivity index (χ4n) is 3.24. The van der Waals surface area contributed by atoms with E-state index in [0.717, 1.165) is 11.3 Å². The number of nitrogens with two attached hydrogens (primary N) is 1. The lowest BCUT2D eigenvalue weighted by Gasteiger charge is -2.18. The highest BCUT2D eigenvalue weighted by molar-refractivity contribution is 7.89. The minimum absolute atomic E-state index is 0.245. The van der Waals surface area contributed by atoms with Gasteiger partial charge < -0.3 is 16.4 Å². The first kappa shape index (κ1) is 22.5. The monoisotopic (exact) mass is 440 g/mol. The number of sulfonamides is 1. The molecule has 164 valence electrons. The van der Waals surface area contributed by atoms with Crippen LogP contribution in [0.4, 0.5) is 28.7 Å². The van der Waals surface area contributed by atoms with Gasteiger partial charge in [0.25, 0.3) is 0 Å². The van der Waals surface area contributed by atoms with Crippen LogP contribution in [0.25, 0.3) is 0 Å². The molecule has 0 saturated heterocycles. The van der Waals surface area contributed by atoms with Crippen molar-refractivity contribution in [1.29, 1.82) is 0 Å². The number of aromatic nitrogens is 2. The number of rotatable bonds is 8. The maximum Gasteiger partial charge on any atom is 0.243 e. The summed E-state index contributed by atoms with van der Waals surface area (Å²) in [6.07, 6.45) is 1.42. The average molecular weight is 441 g/mol. The number of anilines is 5. The van der Waals surface area contributed by atoms with Gasteiger partial charge in [-0.1, -0.05) is 31.5 Å². The van der Waals surface area contributed by atoms with Gasteiger partial charge in [-0.15, -0.1) is 0 Å². The maximum absolute atomic E-state index is 12.6. The predicted octanol–water partition coefficient (Wildman–Crippen LogP) is 4.19. The Hall–Kier alpha value is -3.17. The van der Waals surface area contributed by atoms with E-state index in [1.807, 2.05) is 39.8 Å². The SMILES string of the molecule is CCN(CC)S(=O)(=O)c1ccc(Nc2ncnc(Nc3ccc(C)cc3C)c2N)cc1. The van der Waals surface area contributed by atoms with E-state index in [9.17, 15) is 8.42 Å². The van der Waals surface area contributed by atoms with Crippen molar-refractivity contribution in [1.82, 2.24) is 14.3 Å². The van der Waals surface area contributed by atoms with Crippen molar-refractivity contribution in [2.45, 2.75) is 32.6 Å². The van der Waals surface area contributed by atoms with E-state index in [2.05, 4.69) is 26.7 Å². The molecule has 4 N–H and O–H groups in total. The van der Waals surface area contributed by atoms with Gasteiger partial charge in [-0.05, 0) is 49.7 Å². The predicted molar refractivity (Wildman–Crippen MR) is 125 cm³/mol. The molecule has 3 rings (SSSR count). The van der Waals surface area contributed by atoms with Gasteiger partial charge in [0, 0.05) is 24.5 Å². The fourth-order valence-corrected chi connectivity index (χ4v) is 4.69. The molecule has 31 heavy (non-hydrogen) atoms. The lowest BCUT2D eigenvalue weighted by atomic mass is 10.1. The van der Waals surface area contributed by atoms with Gasteiger partial charge in [0.15, 0.2) is 11.6 Å². The van der Waals surface area contributed by atoms with Crippen molar-refractivity contribution < 1.29 is 8.42 Å². The van der Waals surface area contributed by atoms with E-state index in [1.54, 1.807) is 24.3 Å². The lowest BCUT2D eigenvalue weighted by Crippen LogP contribution is -2.30. The Labute approximate surface area is 183 Å². The zero-order valence-corrected chi connectivity index (χ0v) is 19.0. The first-order valence-electron chi connectivity index (χ1n) is 10.1. The molecule has 0 fully saturated rings. The zero-order chi connectivity index (χ0) is 22.6. The summed E-state index contributed by atoms with van der Waals surface area (Å²) in [4.78, 5) is 8.72. The van der Waals surface area contributed by atoms with Crippen molar-refractivity contribution >= 4 is 38.7 Å². The smallest absolute Gasteiger partial charge is 0.243 e. The van der Waals surface area contributed by atoms with Crippen LogP contribution in [0.15, 0.2) is 53.7 Å². The Morgan fingerprint density at radius 3 is 2.13 bits per heavy atom. The molecule has 3 aromatic rings. The van der Waals surface area contributed by atoms with Crippen LogP contribution in [-0.4, -0.2) is 35.8 Å². The maximum atomic E-state index is 12.6. The molecule has 0 aliphatic rings. The third kappa shape index (κ3) is 4.95. The Balaban J connectivity index is 1.81. The molecule has 0 spiro atoms. The third-order valence-corrected chi connectivity index (χ3v) is 7.04. The minimum Gasteiger partial charge on any atom is -0.393 e. The molecule has 9 heteroatoms. The van der Waals surface area contributed by atoms with Crippen LogP contribution >= 0.6 is 0 Å². The number of nitrogens with zero attached hydrogens (tertiary/aromatic N) is 3. The normalized spacial score (nSPS) is 11.5. The average Bonchev–Trinajstić information content (AvgIpc) is 2.74. The summed E-state index contributed by atoms with van der Waals surface area (Å²) >= 11 is 0. The Kier molecular flexibility index (Phi) is 6.77. The van der Waals surface area contributed by atoms with Gasteiger partial charge in [0.05, 0.1) is 4.90 Å². The van der Waals surface area contributed by atoms with Crippen LogP contribution in [0, 0.1) is 13.8 Å². The molecule has 0 aliphatic heterocycles. The van der Waals surface area contributed by atoms with Crippen molar-refractivity contribution in [3.05, 3.63) is 59.9 Å². The van der Waals surface area contributed by atoms with Crippen molar-refractivity contribution in [2.75, 3.05) is 29.5 Å². The summed E-state index contributed by atoms with van der Waals surface area (Å²) in [5.41, 5.74) is 10.5. The molecule has 8 nitrogen and oxygen atoms in total. The Bertz CT molecular complexity index is 1160. The summed E-state index contributed by atoms with van der Waals surface area (Å²) in [6.45, 7) is 8.53. The van der Waals surface area contributed by atoms with Crippen molar-refractivity contribution in [2.24, 2.45) is 0 Å². The largest absolute Gasteiger partial charge is 0.393 e. The van der Waals surface area contributed by atoms with E-state index < -0.39 is 10.0 Å². The molecule has 0 aliphatic carbocycles. The van der Waals surface area contributed by atoms with E-state index in [0.29, 0.717) is 36.1 Å². The molecule has 0 unspecified atom stereocenters. The van der Waals surface area contributed by atoms with E-state index in [1.165, 1.54) is 16.2 Å². The summed E-state index contributed by atoms with van der Waals surface area (Å²) in [6, 6.07) is 12.6. The minimum atomic E-state index is -3.50. The number of aryl methyl sites for hydroxylation is 2. The highest BCUT2D eigenvalue weighted by Crippen LogP contribution is 2.30. The highest BCUT2D eigenvalue weighted by atomic mass is 32.2. The summed E-state index contributed by atoms with van der Waals surface area (Å²) < 4.78 is 26.7. The second-order valence-electron chi connectivity index (χ2n) is 7.17. The molecule has 0 bridgehead atoms. The third-order valence-electron chi connectivity index (χ3n) is 4.98. The second-order valence-corrected chi connectivity index (χ2v) is 9.10. The van der Waals surface area contributed by atoms with Gasteiger partial charge in [-0.25, -0.2) is 18.4 Å². The fraction of sp³-hybridized carbons (Fsp3) is 0.273. The molecular formula is C22H28N6O2S. The van der Waals surface area contributed by atoms with Gasteiger partial charge in [-0.2, -0.15) is 4.31 Å². The highest BCUT2D eigenvalue weighted by Gasteiger charge is 2.21. The van der Waals surface area contributed by atoms with Crippen molar-refractivity contribution in [3.8, 4) is 0 Å². The standard InChI is InChI=1S/C22H28N6O2S/c1-5-28(6-2)31(29,30)18-10-8-17(9-11-18)26-21-20(23)22(25-14-24-21)27-19-12-7-15(3)13-16(19)4/h7-14H,5-6,23H2,1-4H3,(H2,24,25,26,27). The quantitative estimate of drug-likeness (QED) is 0.481. The van der Waals surface area contributed by atoms with Crippen LogP contribution < -0.4 is 16.4 Å². The topological polar surface area (TPSA) is 113 Å². The summed E-state index contributed by atoms with van der Waals surface area (Å²) in [5, 5.41) is 6.38. The summed E-state index contributed by atoms with van der Waals surface area (Å²) in [7, 11) is -3.50. The molecule has 0 radical (unpaired) electrons. The van der Waals surface area contributed by atoms with Crippen LogP contribution in [0.3, 0.4) is 0 Å². The Morgan fingerprint density at radius 1 is 0.935 bits per heavy atom. The zero-order valence-electron chi connectivity index (χ0n) is 18.2. The molecular weight excluding hydrogens is 412 g/mol. The molecule has 0 amide bonds. The number of benzene rings is 2.